The average Bonchev–Trinajstić information content (AvgIpc) is 3.00. The third-order valence-electron chi connectivity index (χ3n) is 7.61. The highest BCUT2D eigenvalue weighted by Gasteiger charge is 2.28. The van der Waals surface area contributed by atoms with E-state index in [0.29, 0.717) is 22.3 Å². The first-order valence-electron chi connectivity index (χ1n) is 14.4. The zero-order chi connectivity index (χ0) is 30.3. The van der Waals surface area contributed by atoms with Gasteiger partial charge in [-0.3, -0.25) is 9.59 Å². The molecule has 0 saturated heterocycles. The maximum atomic E-state index is 13.6. The highest BCUT2D eigenvalue weighted by molar-refractivity contribution is 9.10. The van der Waals surface area contributed by atoms with Crippen LogP contribution in [-0.4, -0.2) is 53.1 Å². The molecule has 0 spiro atoms. The Kier molecular flexibility index (Phi) is 10.6. The standard InChI is InChI=1S/C33H35BrClN5O2S/c1-40(2)31-27-5-3-4-6-28(27)38-33(39-31)37-26-17-15-25(16-18-26)36-32(42)30(43-20-21-7-13-24(35)14-8-21)19-29(41)22-9-11-23(34)12-10-22/h3-14,25-26,30H,15-20H2,1-2H3,(H,36,42)(H,37,38,39). The molecule has 0 radical (unpaired) electrons. The van der Waals surface area contributed by atoms with Gasteiger partial charge in [0.15, 0.2) is 5.78 Å². The van der Waals surface area contributed by atoms with E-state index in [9.17, 15) is 9.59 Å². The second-order valence-corrected chi connectivity index (χ2v) is 13.6. The van der Waals surface area contributed by atoms with Crippen molar-refractivity contribution >= 4 is 73.7 Å². The van der Waals surface area contributed by atoms with E-state index >= 15 is 0 Å². The summed E-state index contributed by atoms with van der Waals surface area (Å²) >= 11 is 11.0. The van der Waals surface area contributed by atoms with Crippen molar-refractivity contribution in [2.75, 3.05) is 24.3 Å². The predicted molar refractivity (Wildman–Crippen MR) is 181 cm³/mol. The summed E-state index contributed by atoms with van der Waals surface area (Å²) in [6.07, 6.45) is 3.59. The van der Waals surface area contributed by atoms with Crippen molar-refractivity contribution in [3.8, 4) is 0 Å². The van der Waals surface area contributed by atoms with E-state index in [1.807, 2.05) is 79.7 Å². The molecule has 1 aromatic heterocycles. The number of thioether (sulfide) groups is 1. The lowest BCUT2D eigenvalue weighted by atomic mass is 9.91. The van der Waals surface area contributed by atoms with Gasteiger partial charge in [0.25, 0.3) is 0 Å². The number of benzene rings is 3. The van der Waals surface area contributed by atoms with Gasteiger partial charge in [-0.05, 0) is 67.6 Å². The highest BCUT2D eigenvalue weighted by atomic mass is 79.9. The van der Waals surface area contributed by atoms with Gasteiger partial charge in [0.1, 0.15) is 5.82 Å². The zero-order valence-electron chi connectivity index (χ0n) is 24.2. The van der Waals surface area contributed by atoms with Gasteiger partial charge in [-0.25, -0.2) is 4.98 Å². The Hall–Kier alpha value is -3.14. The van der Waals surface area contributed by atoms with Crippen molar-refractivity contribution in [3.63, 3.8) is 0 Å². The molecule has 7 nitrogen and oxygen atoms in total. The van der Waals surface area contributed by atoms with Gasteiger partial charge in [-0.15, -0.1) is 11.8 Å². The van der Waals surface area contributed by atoms with Crippen LogP contribution in [0.3, 0.4) is 0 Å². The summed E-state index contributed by atoms with van der Waals surface area (Å²) in [6.45, 7) is 0. The molecule has 43 heavy (non-hydrogen) atoms. The molecular weight excluding hydrogens is 646 g/mol. The molecule has 0 bridgehead atoms. The summed E-state index contributed by atoms with van der Waals surface area (Å²) < 4.78 is 0.908. The van der Waals surface area contributed by atoms with Crippen LogP contribution in [0.25, 0.3) is 10.9 Å². The van der Waals surface area contributed by atoms with E-state index in [1.165, 1.54) is 11.8 Å². The zero-order valence-corrected chi connectivity index (χ0v) is 27.4. The van der Waals surface area contributed by atoms with Crippen molar-refractivity contribution in [2.45, 2.75) is 55.2 Å². The van der Waals surface area contributed by atoms with Crippen molar-refractivity contribution in [1.82, 2.24) is 15.3 Å². The molecule has 1 aliphatic carbocycles. The average molecular weight is 681 g/mol. The van der Waals surface area contributed by atoms with Crippen molar-refractivity contribution in [3.05, 3.63) is 93.4 Å². The number of rotatable bonds is 11. The molecule has 1 atom stereocenters. The Labute approximate surface area is 270 Å². The fraction of sp³-hybridized carbons (Fsp3) is 0.333. The molecule has 3 aromatic carbocycles. The minimum atomic E-state index is -0.502. The van der Waals surface area contributed by atoms with Crippen LogP contribution in [0.2, 0.25) is 5.02 Å². The minimum absolute atomic E-state index is 0.0448. The quantitative estimate of drug-likeness (QED) is 0.159. The summed E-state index contributed by atoms with van der Waals surface area (Å²) in [7, 11) is 3.97. The fourth-order valence-electron chi connectivity index (χ4n) is 5.25. The van der Waals surface area contributed by atoms with E-state index in [4.69, 9.17) is 21.6 Å². The third-order valence-corrected chi connectivity index (χ3v) is 9.67. The second kappa shape index (κ2) is 14.6. The van der Waals surface area contributed by atoms with Crippen LogP contribution in [0.15, 0.2) is 77.3 Å². The highest BCUT2D eigenvalue weighted by Crippen LogP contribution is 2.28. The molecule has 1 heterocycles. The van der Waals surface area contributed by atoms with E-state index in [-0.39, 0.29) is 30.2 Å². The SMILES string of the molecule is CN(C)c1nc(NC2CCC(NC(=O)C(CC(=O)c3ccc(Br)cc3)SCc3ccc(Cl)cc3)CC2)nc2ccccc12. The number of fused-ring (bicyclic) bond motifs is 1. The number of hydrogen-bond acceptors (Lipinski definition) is 7. The number of amides is 1. The van der Waals surface area contributed by atoms with E-state index in [2.05, 4.69) is 26.6 Å². The first-order valence-corrected chi connectivity index (χ1v) is 16.6. The Morgan fingerprint density at radius 2 is 1.63 bits per heavy atom. The molecule has 0 aliphatic heterocycles. The van der Waals surface area contributed by atoms with Gasteiger partial charge < -0.3 is 15.5 Å². The first kappa shape index (κ1) is 31.3. The maximum Gasteiger partial charge on any atom is 0.233 e. The Bertz CT molecular complexity index is 1560. The monoisotopic (exact) mass is 679 g/mol. The van der Waals surface area contributed by atoms with Gasteiger partial charge in [0.05, 0.1) is 10.8 Å². The van der Waals surface area contributed by atoms with E-state index < -0.39 is 5.25 Å². The Morgan fingerprint density at radius 1 is 0.953 bits per heavy atom. The number of ketones is 1. The lowest BCUT2D eigenvalue weighted by molar-refractivity contribution is -0.121. The third kappa shape index (κ3) is 8.49. The van der Waals surface area contributed by atoms with Gasteiger partial charge in [0.2, 0.25) is 11.9 Å². The van der Waals surface area contributed by atoms with Crippen LogP contribution >= 0.6 is 39.3 Å². The van der Waals surface area contributed by atoms with Crippen LogP contribution < -0.4 is 15.5 Å². The minimum Gasteiger partial charge on any atom is -0.362 e. The molecule has 1 aliphatic rings. The number of anilines is 2. The topological polar surface area (TPSA) is 87.2 Å². The number of aromatic nitrogens is 2. The lowest BCUT2D eigenvalue weighted by Gasteiger charge is -2.31. The van der Waals surface area contributed by atoms with Gasteiger partial charge in [-0.1, -0.05) is 63.9 Å². The van der Waals surface area contributed by atoms with Crippen LogP contribution in [0.1, 0.15) is 48.0 Å². The van der Waals surface area contributed by atoms with Crippen molar-refractivity contribution < 1.29 is 9.59 Å². The van der Waals surface area contributed by atoms with Gasteiger partial charge in [0, 0.05) is 58.8 Å². The molecule has 224 valence electrons. The molecule has 10 heteroatoms. The van der Waals surface area contributed by atoms with Gasteiger partial charge >= 0.3 is 0 Å². The largest absolute Gasteiger partial charge is 0.362 e. The molecule has 1 amide bonds. The molecule has 1 saturated carbocycles. The number of para-hydroxylation sites is 1. The number of hydrogen-bond donors (Lipinski definition) is 2. The Balaban J connectivity index is 1.20. The normalized spacial score (nSPS) is 17.3. The van der Waals surface area contributed by atoms with Crippen LogP contribution in [0.4, 0.5) is 11.8 Å². The number of carbonyl (C=O) groups excluding carboxylic acids is 2. The van der Waals surface area contributed by atoms with E-state index in [0.717, 1.165) is 52.4 Å². The lowest BCUT2D eigenvalue weighted by Crippen LogP contribution is -2.44. The predicted octanol–water partition coefficient (Wildman–Crippen LogP) is 7.53. The van der Waals surface area contributed by atoms with Crippen molar-refractivity contribution in [2.24, 2.45) is 0 Å². The summed E-state index contributed by atoms with van der Waals surface area (Å²) in [5, 5.41) is 7.98. The fourth-order valence-corrected chi connectivity index (χ4v) is 6.72. The van der Waals surface area contributed by atoms with Crippen LogP contribution in [0, 0.1) is 0 Å². The number of carbonyl (C=O) groups is 2. The molecule has 4 aromatic rings. The molecular formula is C33H35BrClN5O2S. The molecule has 1 fully saturated rings. The van der Waals surface area contributed by atoms with Crippen LogP contribution in [0.5, 0.6) is 0 Å². The molecule has 2 N–H and O–H groups in total. The molecule has 5 rings (SSSR count). The summed E-state index contributed by atoms with van der Waals surface area (Å²) in [6, 6.07) is 23.2. The number of halogens is 2. The first-order chi connectivity index (χ1) is 20.7. The summed E-state index contributed by atoms with van der Waals surface area (Å²) in [5.74, 6) is 1.99. The number of nitrogens with one attached hydrogen (secondary N) is 2. The van der Waals surface area contributed by atoms with Crippen LogP contribution in [-0.2, 0) is 10.5 Å². The Morgan fingerprint density at radius 3 is 2.33 bits per heavy atom. The van der Waals surface area contributed by atoms with Crippen molar-refractivity contribution in [1.29, 1.82) is 0 Å². The maximum absolute atomic E-state index is 13.6. The summed E-state index contributed by atoms with van der Waals surface area (Å²) in [5.41, 5.74) is 2.57. The number of nitrogens with zero attached hydrogens (tertiary/aromatic N) is 3. The smallest absolute Gasteiger partial charge is 0.233 e. The summed E-state index contributed by atoms with van der Waals surface area (Å²) in [4.78, 5) is 38.2. The van der Waals surface area contributed by atoms with Gasteiger partial charge in [-0.2, -0.15) is 4.98 Å². The number of Topliss-reactive ketones (excluding diaryl/α,β-unsaturated/α-hetero) is 1. The van der Waals surface area contributed by atoms with E-state index in [1.54, 1.807) is 12.1 Å². The second-order valence-electron chi connectivity index (χ2n) is 11.0. The molecule has 1 unspecified atom stereocenters.